The SMILES string of the molecule is COC(=O)CC(NC(=O)CNC(=O)CN)c1ccc(Br)cc1.Cl. The normalized spacial score (nSPS) is 10.9. The summed E-state index contributed by atoms with van der Waals surface area (Å²) < 4.78 is 5.52. The highest BCUT2D eigenvalue weighted by molar-refractivity contribution is 9.10. The first-order valence-corrected chi connectivity index (χ1v) is 7.34. The van der Waals surface area contributed by atoms with Crippen LogP contribution < -0.4 is 16.4 Å². The molecule has 1 aromatic rings. The Morgan fingerprint density at radius 2 is 1.83 bits per heavy atom. The zero-order chi connectivity index (χ0) is 16.5. The Bertz CT molecular complexity index is 539. The molecule has 0 aromatic heterocycles. The first kappa shape index (κ1) is 21.4. The highest BCUT2D eigenvalue weighted by atomic mass is 79.9. The van der Waals surface area contributed by atoms with Crippen molar-refractivity contribution in [2.75, 3.05) is 20.2 Å². The third-order valence-electron chi connectivity index (χ3n) is 2.84. The van der Waals surface area contributed by atoms with Crippen LogP contribution in [-0.2, 0) is 19.1 Å². The molecule has 4 N–H and O–H groups in total. The largest absolute Gasteiger partial charge is 0.469 e. The van der Waals surface area contributed by atoms with E-state index < -0.39 is 23.8 Å². The zero-order valence-corrected chi connectivity index (χ0v) is 14.9. The summed E-state index contributed by atoms with van der Waals surface area (Å²) in [7, 11) is 1.28. The fraction of sp³-hybridized carbons (Fsp3) is 0.357. The Hall–Kier alpha value is -1.64. The Labute approximate surface area is 148 Å². The van der Waals surface area contributed by atoms with E-state index in [4.69, 9.17) is 5.73 Å². The number of rotatable bonds is 7. The van der Waals surface area contributed by atoms with E-state index in [1.807, 2.05) is 12.1 Å². The van der Waals surface area contributed by atoms with Crippen molar-refractivity contribution < 1.29 is 19.1 Å². The second kappa shape index (κ2) is 11.0. The summed E-state index contributed by atoms with van der Waals surface area (Å²) >= 11 is 3.32. The van der Waals surface area contributed by atoms with Crippen molar-refractivity contribution in [1.29, 1.82) is 0 Å². The minimum atomic E-state index is -0.539. The molecule has 0 spiro atoms. The van der Waals surface area contributed by atoms with Crippen LogP contribution >= 0.6 is 28.3 Å². The van der Waals surface area contributed by atoms with E-state index in [0.29, 0.717) is 0 Å². The summed E-state index contributed by atoms with van der Waals surface area (Å²) in [5.41, 5.74) is 5.90. The number of nitrogens with one attached hydrogen (secondary N) is 2. The van der Waals surface area contributed by atoms with Crippen LogP contribution in [0.1, 0.15) is 18.0 Å². The molecule has 1 unspecified atom stereocenters. The zero-order valence-electron chi connectivity index (χ0n) is 12.5. The molecule has 128 valence electrons. The Morgan fingerprint density at radius 3 is 2.35 bits per heavy atom. The van der Waals surface area contributed by atoms with Crippen LogP contribution in [-0.4, -0.2) is 38.0 Å². The third-order valence-corrected chi connectivity index (χ3v) is 3.37. The first-order valence-electron chi connectivity index (χ1n) is 6.54. The Morgan fingerprint density at radius 1 is 1.22 bits per heavy atom. The molecule has 0 aliphatic carbocycles. The first-order chi connectivity index (χ1) is 10.5. The summed E-state index contributed by atoms with van der Waals surface area (Å²) in [6.45, 7) is -0.393. The number of halogens is 2. The topological polar surface area (TPSA) is 111 Å². The predicted octanol–water partition coefficient (Wildman–Crippen LogP) is 0.666. The summed E-state index contributed by atoms with van der Waals surface area (Å²) in [5, 5.41) is 5.05. The second-order valence-electron chi connectivity index (χ2n) is 4.43. The van der Waals surface area contributed by atoms with Crippen molar-refractivity contribution in [1.82, 2.24) is 10.6 Å². The van der Waals surface area contributed by atoms with Crippen molar-refractivity contribution >= 4 is 46.1 Å². The van der Waals surface area contributed by atoms with Crippen LogP contribution in [0.2, 0.25) is 0 Å². The lowest BCUT2D eigenvalue weighted by Crippen LogP contribution is -2.41. The van der Waals surface area contributed by atoms with Gasteiger partial charge in [-0.15, -0.1) is 12.4 Å². The highest BCUT2D eigenvalue weighted by Gasteiger charge is 2.19. The standard InChI is InChI=1S/C14H18BrN3O4.ClH/c1-22-14(21)6-11(9-2-4-10(15)5-3-9)18-13(20)8-17-12(19)7-16;/h2-5,11H,6-8,16H2,1H3,(H,17,19)(H,18,20);1H. The van der Waals surface area contributed by atoms with Gasteiger partial charge < -0.3 is 21.1 Å². The number of ether oxygens (including phenoxy) is 1. The second-order valence-corrected chi connectivity index (χ2v) is 5.35. The van der Waals surface area contributed by atoms with Crippen LogP contribution in [0.3, 0.4) is 0 Å². The number of carbonyl (C=O) groups excluding carboxylic acids is 3. The number of carbonyl (C=O) groups is 3. The van der Waals surface area contributed by atoms with Crippen molar-refractivity contribution in [3.63, 3.8) is 0 Å². The van der Waals surface area contributed by atoms with Gasteiger partial charge in [0.15, 0.2) is 0 Å². The van der Waals surface area contributed by atoms with Gasteiger partial charge in [0.1, 0.15) is 0 Å². The lowest BCUT2D eigenvalue weighted by Gasteiger charge is -2.18. The monoisotopic (exact) mass is 407 g/mol. The summed E-state index contributed by atoms with van der Waals surface area (Å²) in [6.07, 6.45) is -0.00525. The summed E-state index contributed by atoms with van der Waals surface area (Å²) in [5.74, 6) is -1.29. The number of esters is 1. The molecule has 0 fully saturated rings. The molecule has 9 heteroatoms. The molecule has 0 radical (unpaired) electrons. The molecule has 1 rings (SSSR count). The molecule has 1 aromatic carbocycles. The van der Waals surface area contributed by atoms with Crippen LogP contribution in [0.25, 0.3) is 0 Å². The molecular weight excluding hydrogens is 390 g/mol. The van der Waals surface area contributed by atoms with Gasteiger partial charge in [-0.25, -0.2) is 0 Å². The van der Waals surface area contributed by atoms with Crippen molar-refractivity contribution in [3.8, 4) is 0 Å². The molecular formula is C14H19BrClN3O4. The molecule has 0 heterocycles. The summed E-state index contributed by atoms with van der Waals surface area (Å²) in [6, 6.07) is 6.65. The van der Waals surface area contributed by atoms with Gasteiger partial charge in [-0.3, -0.25) is 14.4 Å². The molecule has 0 aliphatic heterocycles. The minimum absolute atomic E-state index is 0. The fourth-order valence-corrected chi connectivity index (χ4v) is 1.96. The van der Waals surface area contributed by atoms with Crippen LogP contribution in [0.15, 0.2) is 28.7 Å². The van der Waals surface area contributed by atoms with E-state index in [0.717, 1.165) is 10.0 Å². The molecule has 23 heavy (non-hydrogen) atoms. The number of amides is 2. The van der Waals surface area contributed by atoms with Gasteiger partial charge in [0.25, 0.3) is 0 Å². The van der Waals surface area contributed by atoms with Crippen LogP contribution in [0.5, 0.6) is 0 Å². The molecule has 0 saturated heterocycles. The van der Waals surface area contributed by atoms with Gasteiger partial charge in [-0.2, -0.15) is 0 Å². The lowest BCUT2D eigenvalue weighted by atomic mass is 10.0. The molecule has 1 atom stereocenters. The van der Waals surface area contributed by atoms with E-state index in [9.17, 15) is 14.4 Å². The van der Waals surface area contributed by atoms with Crippen LogP contribution in [0.4, 0.5) is 0 Å². The Kier molecular flexibility index (Phi) is 10.2. The Balaban J connectivity index is 0.00000484. The third kappa shape index (κ3) is 7.96. The average molecular weight is 409 g/mol. The quantitative estimate of drug-likeness (QED) is 0.574. The van der Waals surface area contributed by atoms with E-state index in [-0.39, 0.29) is 31.9 Å². The molecule has 0 aliphatic rings. The van der Waals surface area contributed by atoms with Gasteiger partial charge in [0.2, 0.25) is 11.8 Å². The van der Waals surface area contributed by atoms with Crippen molar-refractivity contribution in [2.45, 2.75) is 12.5 Å². The van der Waals surface area contributed by atoms with E-state index in [1.165, 1.54) is 7.11 Å². The smallest absolute Gasteiger partial charge is 0.307 e. The van der Waals surface area contributed by atoms with Gasteiger partial charge in [-0.05, 0) is 17.7 Å². The number of methoxy groups -OCH3 is 1. The minimum Gasteiger partial charge on any atom is -0.469 e. The fourth-order valence-electron chi connectivity index (χ4n) is 1.69. The molecule has 0 saturated carbocycles. The lowest BCUT2D eigenvalue weighted by molar-refractivity contribution is -0.141. The van der Waals surface area contributed by atoms with Gasteiger partial charge >= 0.3 is 5.97 Å². The molecule has 2 amide bonds. The van der Waals surface area contributed by atoms with E-state index >= 15 is 0 Å². The van der Waals surface area contributed by atoms with E-state index in [1.54, 1.807) is 12.1 Å². The van der Waals surface area contributed by atoms with Crippen molar-refractivity contribution in [2.24, 2.45) is 5.73 Å². The molecule has 0 bridgehead atoms. The number of hydrogen-bond donors (Lipinski definition) is 3. The summed E-state index contributed by atoms with van der Waals surface area (Å²) in [4.78, 5) is 34.4. The number of nitrogens with two attached hydrogens (primary N) is 1. The maximum atomic E-state index is 11.9. The maximum absolute atomic E-state index is 11.9. The molecule has 7 nitrogen and oxygen atoms in total. The maximum Gasteiger partial charge on any atom is 0.307 e. The van der Waals surface area contributed by atoms with Gasteiger partial charge in [0.05, 0.1) is 32.7 Å². The van der Waals surface area contributed by atoms with E-state index in [2.05, 4.69) is 31.3 Å². The van der Waals surface area contributed by atoms with Gasteiger partial charge in [0, 0.05) is 4.47 Å². The van der Waals surface area contributed by atoms with Crippen LogP contribution in [0, 0.1) is 0 Å². The number of hydrogen-bond acceptors (Lipinski definition) is 5. The average Bonchev–Trinajstić information content (AvgIpc) is 2.52. The van der Waals surface area contributed by atoms with Crippen molar-refractivity contribution in [3.05, 3.63) is 34.3 Å². The highest BCUT2D eigenvalue weighted by Crippen LogP contribution is 2.20. The number of benzene rings is 1. The van der Waals surface area contributed by atoms with Gasteiger partial charge in [-0.1, -0.05) is 28.1 Å². The predicted molar refractivity (Wildman–Crippen MR) is 91.0 cm³/mol.